The Hall–Kier alpha value is -2.62. The van der Waals surface area contributed by atoms with Gasteiger partial charge in [0.2, 0.25) is 5.95 Å². The summed E-state index contributed by atoms with van der Waals surface area (Å²) in [5.41, 5.74) is 3.27. The Kier molecular flexibility index (Phi) is 4.04. The zero-order valence-electron chi connectivity index (χ0n) is 14.8. The van der Waals surface area contributed by atoms with E-state index < -0.39 is 0 Å². The minimum atomic E-state index is 0.386. The first-order chi connectivity index (χ1) is 12.2. The molecular weight excluding hydrogens is 314 g/mol. The van der Waals surface area contributed by atoms with Crippen LogP contribution in [0.15, 0.2) is 6.20 Å². The van der Waals surface area contributed by atoms with Gasteiger partial charge in [0.05, 0.1) is 5.56 Å². The molecule has 1 fully saturated rings. The lowest BCUT2D eigenvalue weighted by Crippen LogP contribution is -2.34. The fourth-order valence-electron chi connectivity index (χ4n) is 3.90. The molecule has 2 aromatic heterocycles. The van der Waals surface area contributed by atoms with Crippen LogP contribution in [0.2, 0.25) is 0 Å². The molecule has 0 bridgehead atoms. The summed E-state index contributed by atoms with van der Waals surface area (Å²) in [6.45, 7) is 1.78. The molecule has 1 N–H and O–H groups in total. The molecule has 0 amide bonds. The monoisotopic (exact) mass is 337 g/mol. The summed E-state index contributed by atoms with van der Waals surface area (Å²) < 4.78 is 0. The minimum absolute atomic E-state index is 0.386. The highest BCUT2D eigenvalue weighted by atomic mass is 15.3. The normalized spacial score (nSPS) is 17.4. The van der Waals surface area contributed by atoms with Gasteiger partial charge in [-0.2, -0.15) is 10.2 Å². The molecule has 7 nitrogen and oxygen atoms in total. The first kappa shape index (κ1) is 15.9. The van der Waals surface area contributed by atoms with Gasteiger partial charge >= 0.3 is 0 Å². The van der Waals surface area contributed by atoms with Crippen molar-refractivity contribution >= 4 is 11.8 Å². The quantitative estimate of drug-likeness (QED) is 0.922. The van der Waals surface area contributed by atoms with Crippen LogP contribution in [-0.4, -0.2) is 47.4 Å². The molecule has 2 aliphatic rings. The molecule has 0 spiro atoms. The van der Waals surface area contributed by atoms with Crippen molar-refractivity contribution in [2.24, 2.45) is 0 Å². The van der Waals surface area contributed by atoms with Crippen LogP contribution in [0.4, 0.5) is 11.8 Å². The second kappa shape index (κ2) is 6.36. The SMILES string of the molecule is CN(C)c1n[nH]c(C2CCN(c3ncc4c(c3C#N)CCC4)CC2)n1. The van der Waals surface area contributed by atoms with Crippen LogP contribution < -0.4 is 9.80 Å². The molecule has 130 valence electrons. The summed E-state index contributed by atoms with van der Waals surface area (Å²) in [7, 11) is 3.89. The summed E-state index contributed by atoms with van der Waals surface area (Å²) in [6.07, 6.45) is 7.16. The Labute approximate surface area is 147 Å². The average molecular weight is 337 g/mol. The van der Waals surface area contributed by atoms with Crippen LogP contribution in [0.1, 0.15) is 47.7 Å². The van der Waals surface area contributed by atoms with Crippen molar-refractivity contribution in [1.82, 2.24) is 20.2 Å². The van der Waals surface area contributed by atoms with E-state index in [9.17, 15) is 5.26 Å². The van der Waals surface area contributed by atoms with Crippen molar-refractivity contribution in [2.75, 3.05) is 37.0 Å². The van der Waals surface area contributed by atoms with Crippen molar-refractivity contribution < 1.29 is 0 Å². The lowest BCUT2D eigenvalue weighted by molar-refractivity contribution is 0.484. The number of aromatic amines is 1. The van der Waals surface area contributed by atoms with E-state index in [2.05, 4.69) is 31.1 Å². The molecule has 0 aromatic carbocycles. The zero-order valence-corrected chi connectivity index (χ0v) is 14.8. The molecule has 1 aliphatic heterocycles. The van der Waals surface area contributed by atoms with Crippen molar-refractivity contribution in [2.45, 2.75) is 38.0 Å². The summed E-state index contributed by atoms with van der Waals surface area (Å²) in [5.74, 6) is 2.95. The minimum Gasteiger partial charge on any atom is -0.355 e. The molecule has 0 saturated carbocycles. The maximum absolute atomic E-state index is 9.65. The second-order valence-corrected chi connectivity index (χ2v) is 7.10. The van der Waals surface area contributed by atoms with Crippen molar-refractivity contribution in [3.05, 3.63) is 28.7 Å². The van der Waals surface area contributed by atoms with Crippen LogP contribution in [0, 0.1) is 11.3 Å². The predicted molar refractivity (Wildman–Crippen MR) is 95.9 cm³/mol. The number of rotatable bonds is 3. The fourth-order valence-corrected chi connectivity index (χ4v) is 3.90. The van der Waals surface area contributed by atoms with E-state index in [1.54, 1.807) is 0 Å². The highest BCUT2D eigenvalue weighted by Crippen LogP contribution is 2.33. The number of nitrogens with zero attached hydrogens (tertiary/aromatic N) is 6. The fraction of sp³-hybridized carbons (Fsp3) is 0.556. The van der Waals surface area contributed by atoms with Crippen LogP contribution in [-0.2, 0) is 12.8 Å². The number of hydrogen-bond acceptors (Lipinski definition) is 6. The first-order valence-electron chi connectivity index (χ1n) is 8.92. The molecule has 0 radical (unpaired) electrons. The smallest absolute Gasteiger partial charge is 0.244 e. The van der Waals surface area contributed by atoms with Crippen LogP contribution in [0.5, 0.6) is 0 Å². The first-order valence-corrected chi connectivity index (χ1v) is 8.92. The Balaban J connectivity index is 1.50. The van der Waals surface area contributed by atoms with Gasteiger partial charge in [0, 0.05) is 39.3 Å². The lowest BCUT2D eigenvalue weighted by atomic mass is 9.95. The number of nitrogens with one attached hydrogen (secondary N) is 1. The molecule has 7 heteroatoms. The van der Waals surface area contributed by atoms with E-state index in [4.69, 9.17) is 0 Å². The molecular formula is C18H23N7. The Morgan fingerprint density at radius 1 is 1.28 bits per heavy atom. The van der Waals surface area contributed by atoms with E-state index in [0.29, 0.717) is 5.92 Å². The number of aromatic nitrogens is 4. The molecule has 0 unspecified atom stereocenters. The molecule has 0 atom stereocenters. The van der Waals surface area contributed by atoms with E-state index in [1.807, 2.05) is 25.2 Å². The number of hydrogen-bond donors (Lipinski definition) is 1. The van der Waals surface area contributed by atoms with E-state index >= 15 is 0 Å². The van der Waals surface area contributed by atoms with Gasteiger partial charge < -0.3 is 9.80 Å². The van der Waals surface area contributed by atoms with Crippen molar-refractivity contribution in [3.63, 3.8) is 0 Å². The molecule has 3 heterocycles. The Morgan fingerprint density at radius 2 is 2.08 bits per heavy atom. The van der Waals surface area contributed by atoms with Gasteiger partial charge in [0.15, 0.2) is 0 Å². The second-order valence-electron chi connectivity index (χ2n) is 7.10. The summed E-state index contributed by atoms with van der Waals surface area (Å²) in [5, 5.41) is 17.0. The number of nitriles is 1. The Bertz CT molecular complexity index is 809. The van der Waals surface area contributed by atoms with Crippen molar-refractivity contribution in [3.8, 4) is 6.07 Å². The maximum Gasteiger partial charge on any atom is 0.244 e. The number of piperidine rings is 1. The number of anilines is 2. The molecule has 1 aliphatic carbocycles. The zero-order chi connectivity index (χ0) is 17.4. The van der Waals surface area contributed by atoms with Gasteiger partial charge in [-0.1, -0.05) is 0 Å². The summed E-state index contributed by atoms with van der Waals surface area (Å²) in [6, 6.07) is 2.41. The number of fused-ring (bicyclic) bond motifs is 1. The van der Waals surface area contributed by atoms with E-state index in [1.165, 1.54) is 11.1 Å². The van der Waals surface area contributed by atoms with Crippen LogP contribution in [0.3, 0.4) is 0 Å². The van der Waals surface area contributed by atoms with Gasteiger partial charge in [-0.05, 0) is 43.2 Å². The van der Waals surface area contributed by atoms with Crippen LogP contribution in [0.25, 0.3) is 0 Å². The third-order valence-electron chi connectivity index (χ3n) is 5.31. The van der Waals surface area contributed by atoms with Gasteiger partial charge in [0.1, 0.15) is 17.7 Å². The molecule has 1 saturated heterocycles. The maximum atomic E-state index is 9.65. The predicted octanol–water partition coefficient (Wildman–Crippen LogP) is 2.01. The lowest BCUT2D eigenvalue weighted by Gasteiger charge is -2.32. The third-order valence-corrected chi connectivity index (χ3v) is 5.31. The van der Waals surface area contributed by atoms with Crippen molar-refractivity contribution in [1.29, 1.82) is 5.26 Å². The van der Waals surface area contributed by atoms with Gasteiger partial charge in [-0.3, -0.25) is 5.10 Å². The number of pyridine rings is 1. The Morgan fingerprint density at radius 3 is 2.76 bits per heavy atom. The average Bonchev–Trinajstić information content (AvgIpc) is 3.30. The summed E-state index contributed by atoms with van der Waals surface area (Å²) in [4.78, 5) is 13.4. The third kappa shape index (κ3) is 2.82. The van der Waals surface area contributed by atoms with Gasteiger partial charge in [0.25, 0.3) is 0 Å². The van der Waals surface area contributed by atoms with Gasteiger partial charge in [-0.25, -0.2) is 4.98 Å². The molecule has 2 aromatic rings. The highest BCUT2D eigenvalue weighted by molar-refractivity contribution is 5.60. The van der Waals surface area contributed by atoms with Crippen LogP contribution >= 0.6 is 0 Å². The van der Waals surface area contributed by atoms with Gasteiger partial charge in [-0.15, -0.1) is 5.10 Å². The standard InChI is InChI=1S/C18H23N7/c1-24(2)18-21-16(22-23-18)12-6-8-25(9-7-12)17-15(10-19)14-5-3-4-13(14)11-20-17/h11-12H,3-9H2,1-2H3,(H,21,22,23). The number of H-pyrrole nitrogens is 1. The van der Waals surface area contributed by atoms with E-state index in [-0.39, 0.29) is 0 Å². The molecule has 25 heavy (non-hydrogen) atoms. The number of aryl methyl sites for hydroxylation is 1. The van der Waals surface area contributed by atoms with E-state index in [0.717, 1.165) is 68.3 Å². The molecule has 4 rings (SSSR count). The topological polar surface area (TPSA) is 84.7 Å². The summed E-state index contributed by atoms with van der Waals surface area (Å²) >= 11 is 0. The highest BCUT2D eigenvalue weighted by Gasteiger charge is 2.27. The largest absolute Gasteiger partial charge is 0.355 e.